The molecular formula is C23H24ClF3N2O4S. The molecule has 11 heteroatoms. The van der Waals surface area contributed by atoms with E-state index in [1.165, 1.54) is 6.07 Å². The predicted molar refractivity (Wildman–Crippen MR) is 122 cm³/mol. The van der Waals surface area contributed by atoms with Crippen molar-refractivity contribution in [2.24, 2.45) is 0 Å². The van der Waals surface area contributed by atoms with Gasteiger partial charge in [0.2, 0.25) is 0 Å². The summed E-state index contributed by atoms with van der Waals surface area (Å²) in [5.74, 6) is -0.769. The number of carbonyl (C=O) groups excluding carboxylic acids is 1. The number of fused-ring (bicyclic) bond motifs is 2. The van der Waals surface area contributed by atoms with Crippen LogP contribution < -0.4 is 5.32 Å². The molecule has 0 bridgehead atoms. The fraction of sp³-hybridized carbons (Fsp3) is 0.435. The first-order chi connectivity index (χ1) is 15.8. The minimum atomic E-state index is -4.65. The zero-order valence-electron chi connectivity index (χ0n) is 18.4. The fourth-order valence-corrected chi connectivity index (χ4v) is 7.55. The van der Waals surface area contributed by atoms with E-state index in [1.54, 1.807) is 31.2 Å². The van der Waals surface area contributed by atoms with Crippen molar-refractivity contribution >= 4 is 33.0 Å². The normalized spacial score (nSPS) is 26.8. The van der Waals surface area contributed by atoms with Crippen molar-refractivity contribution < 1.29 is 31.0 Å². The van der Waals surface area contributed by atoms with E-state index in [0.717, 1.165) is 6.07 Å². The van der Waals surface area contributed by atoms with Gasteiger partial charge in [-0.05, 0) is 42.0 Å². The van der Waals surface area contributed by atoms with Crippen LogP contribution in [0.2, 0.25) is 5.02 Å². The lowest BCUT2D eigenvalue weighted by molar-refractivity contribution is -0.902. The van der Waals surface area contributed by atoms with Crippen molar-refractivity contribution in [1.82, 2.24) is 0 Å². The highest BCUT2D eigenvalue weighted by Crippen LogP contribution is 2.49. The number of anilines is 1. The molecule has 2 aromatic carbocycles. The molecule has 2 heterocycles. The molecule has 0 saturated carbocycles. The van der Waals surface area contributed by atoms with E-state index < -0.39 is 43.6 Å². The molecule has 6 nitrogen and oxygen atoms in total. The van der Waals surface area contributed by atoms with Gasteiger partial charge >= 0.3 is 6.18 Å². The third kappa shape index (κ3) is 4.44. The van der Waals surface area contributed by atoms with Gasteiger partial charge in [0.15, 0.2) is 15.9 Å². The third-order valence-electron chi connectivity index (χ3n) is 6.99. The highest BCUT2D eigenvalue weighted by molar-refractivity contribution is 7.91. The number of amides is 1. The van der Waals surface area contributed by atoms with Gasteiger partial charge in [-0.2, -0.15) is 13.2 Å². The molecule has 2 aromatic rings. The lowest BCUT2D eigenvalue weighted by atomic mass is 9.74. The molecule has 1 atom stereocenters. The third-order valence-corrected chi connectivity index (χ3v) is 9.18. The zero-order valence-corrected chi connectivity index (χ0v) is 19.9. The van der Waals surface area contributed by atoms with Gasteiger partial charge in [0.1, 0.15) is 0 Å². The average Bonchev–Trinajstić information content (AvgIpc) is 2.98. The highest BCUT2D eigenvalue weighted by Gasteiger charge is 2.53. The van der Waals surface area contributed by atoms with Crippen LogP contribution >= 0.6 is 11.6 Å². The van der Waals surface area contributed by atoms with Crippen molar-refractivity contribution in [3.8, 4) is 0 Å². The first-order valence-corrected chi connectivity index (χ1v) is 12.9. The number of halogens is 4. The number of alkyl halides is 3. The van der Waals surface area contributed by atoms with Crippen LogP contribution in [0.5, 0.6) is 0 Å². The van der Waals surface area contributed by atoms with Gasteiger partial charge in [-0.25, -0.2) is 8.42 Å². The fourth-order valence-electron chi connectivity index (χ4n) is 5.17. The Morgan fingerprint density at radius 2 is 1.79 bits per heavy atom. The topological polar surface area (TPSA) is 86.3 Å². The minimum absolute atomic E-state index is 0.0114. The van der Waals surface area contributed by atoms with E-state index >= 15 is 0 Å². The minimum Gasteiger partial charge on any atom is -0.632 e. The molecule has 1 N–H and O–H groups in total. The Morgan fingerprint density at radius 1 is 1.18 bits per heavy atom. The van der Waals surface area contributed by atoms with E-state index in [2.05, 4.69) is 5.32 Å². The van der Waals surface area contributed by atoms with Crippen molar-refractivity contribution in [3.05, 3.63) is 63.8 Å². The SMILES string of the molecule is CCC(C(=O)Nc1ccc(Cl)cc1)[N+]1([O-])CCC2(CC1)CS(=O)(=O)c1cc(C(F)(F)F)ccc12. The summed E-state index contributed by atoms with van der Waals surface area (Å²) in [6, 6.07) is 8.41. The molecule has 1 amide bonds. The molecule has 2 aliphatic heterocycles. The van der Waals surface area contributed by atoms with Gasteiger partial charge in [0.05, 0.1) is 29.3 Å². The van der Waals surface area contributed by atoms with E-state index in [4.69, 9.17) is 11.6 Å². The van der Waals surface area contributed by atoms with Gasteiger partial charge in [0.25, 0.3) is 5.91 Å². The lowest BCUT2D eigenvalue weighted by Gasteiger charge is -2.53. The van der Waals surface area contributed by atoms with Crippen molar-refractivity contribution in [3.63, 3.8) is 0 Å². The molecule has 184 valence electrons. The highest BCUT2D eigenvalue weighted by atomic mass is 35.5. The molecular weight excluding hydrogens is 493 g/mol. The second kappa shape index (κ2) is 8.51. The van der Waals surface area contributed by atoms with Crippen molar-refractivity contribution in [1.29, 1.82) is 0 Å². The Balaban J connectivity index is 1.56. The number of nitrogens with zero attached hydrogens (tertiary/aromatic N) is 1. The number of piperidine rings is 1. The van der Waals surface area contributed by atoms with Gasteiger partial charge < -0.3 is 15.2 Å². The maximum atomic E-state index is 13.7. The number of sulfone groups is 1. The van der Waals surface area contributed by atoms with Gasteiger partial charge in [-0.1, -0.05) is 24.6 Å². The summed E-state index contributed by atoms with van der Waals surface area (Å²) < 4.78 is 64.1. The zero-order chi connectivity index (χ0) is 24.9. The van der Waals surface area contributed by atoms with Crippen LogP contribution in [0.4, 0.5) is 18.9 Å². The molecule has 1 unspecified atom stereocenters. The summed E-state index contributed by atoms with van der Waals surface area (Å²) in [5, 5.41) is 16.9. The van der Waals surface area contributed by atoms with Gasteiger partial charge in [-0.15, -0.1) is 0 Å². The second-order valence-corrected chi connectivity index (χ2v) is 11.5. The Morgan fingerprint density at radius 3 is 2.35 bits per heavy atom. The summed E-state index contributed by atoms with van der Waals surface area (Å²) in [5.41, 5.74) is -1.09. The van der Waals surface area contributed by atoms with E-state index in [1.807, 2.05) is 0 Å². The van der Waals surface area contributed by atoms with Crippen LogP contribution in [0.1, 0.15) is 37.3 Å². The first kappa shape index (κ1) is 25.0. The maximum Gasteiger partial charge on any atom is 0.416 e. The summed E-state index contributed by atoms with van der Waals surface area (Å²) in [7, 11) is -3.92. The number of hydroxylamine groups is 3. The quantitative estimate of drug-likeness (QED) is 0.462. The van der Waals surface area contributed by atoms with Gasteiger partial charge in [-0.3, -0.25) is 4.79 Å². The van der Waals surface area contributed by atoms with Crippen LogP contribution in [-0.4, -0.2) is 43.9 Å². The lowest BCUT2D eigenvalue weighted by Crippen LogP contribution is -2.61. The summed E-state index contributed by atoms with van der Waals surface area (Å²) in [4.78, 5) is 12.6. The summed E-state index contributed by atoms with van der Waals surface area (Å²) >= 11 is 5.86. The van der Waals surface area contributed by atoms with Crippen LogP contribution in [0.25, 0.3) is 0 Å². The number of likely N-dealkylation sites (tertiary alicyclic amines) is 1. The van der Waals surface area contributed by atoms with Gasteiger partial charge in [0, 0.05) is 35.4 Å². The molecule has 0 aliphatic carbocycles. The Bertz CT molecular complexity index is 1210. The Labute approximate surface area is 200 Å². The number of benzene rings is 2. The number of carbonyl (C=O) groups is 1. The Kier molecular flexibility index (Phi) is 6.25. The summed E-state index contributed by atoms with van der Waals surface area (Å²) in [6.45, 7) is 1.72. The second-order valence-electron chi connectivity index (χ2n) is 9.07. The first-order valence-electron chi connectivity index (χ1n) is 10.9. The van der Waals surface area contributed by atoms with Crippen LogP contribution in [-0.2, 0) is 26.2 Å². The van der Waals surface area contributed by atoms with Crippen LogP contribution in [0.3, 0.4) is 0 Å². The molecule has 1 spiro atoms. The molecule has 1 fully saturated rings. The number of hydrogen-bond acceptors (Lipinski definition) is 4. The van der Waals surface area contributed by atoms with E-state index in [0.29, 0.717) is 22.3 Å². The van der Waals surface area contributed by atoms with Crippen LogP contribution in [0.15, 0.2) is 47.4 Å². The standard InChI is InChI=1S/C23H24ClF3N2O4S/c1-2-19(21(30)28-17-6-4-16(24)5-7-17)29(31)11-9-22(10-12-29)14-34(32,33)20-13-15(23(25,26)27)3-8-18(20)22/h3-8,13,19H,2,9-12,14H2,1H3,(H,28,30). The Hall–Kier alpha value is -2.14. The molecule has 2 aliphatic rings. The molecule has 4 rings (SSSR count). The number of nitrogens with one attached hydrogen (secondary N) is 1. The smallest absolute Gasteiger partial charge is 0.416 e. The van der Waals surface area contributed by atoms with Crippen LogP contribution in [0, 0.1) is 5.21 Å². The predicted octanol–water partition coefficient (Wildman–Crippen LogP) is 4.91. The van der Waals surface area contributed by atoms with Crippen molar-refractivity contribution in [2.75, 3.05) is 24.2 Å². The molecule has 0 aromatic heterocycles. The average molecular weight is 517 g/mol. The molecule has 34 heavy (non-hydrogen) atoms. The molecule has 1 saturated heterocycles. The summed E-state index contributed by atoms with van der Waals surface area (Å²) in [6.07, 6.45) is -4.04. The van der Waals surface area contributed by atoms with Crippen molar-refractivity contribution in [2.45, 2.75) is 48.7 Å². The number of rotatable bonds is 4. The monoisotopic (exact) mass is 516 g/mol. The number of hydrogen-bond donors (Lipinski definition) is 1. The van der Waals surface area contributed by atoms with E-state index in [-0.39, 0.29) is 43.0 Å². The van der Waals surface area contributed by atoms with E-state index in [9.17, 15) is 31.6 Å². The largest absolute Gasteiger partial charge is 0.632 e. The number of quaternary nitrogens is 1. The maximum absolute atomic E-state index is 13.7. The molecule has 0 radical (unpaired) electrons.